The monoisotopic (exact) mass is 419 g/mol. The molecule has 1 N–H and O–H groups in total. The molecule has 0 aromatic heterocycles. The molecule has 0 spiro atoms. The molecule has 0 aliphatic carbocycles. The van der Waals surface area contributed by atoms with Crippen LogP contribution in [0, 0.1) is 0 Å². The van der Waals surface area contributed by atoms with Crippen LogP contribution < -0.4 is 24.3 Å². The summed E-state index contributed by atoms with van der Waals surface area (Å²) < 4.78 is 22.5. The zero-order valence-electron chi connectivity index (χ0n) is 17.4. The Bertz CT molecular complexity index is 1000. The molecular weight excluding hydrogens is 394 g/mol. The van der Waals surface area contributed by atoms with Crippen molar-refractivity contribution in [3.05, 3.63) is 83.9 Å². The van der Waals surface area contributed by atoms with Gasteiger partial charge in [-0.1, -0.05) is 36.4 Å². The van der Waals surface area contributed by atoms with Crippen LogP contribution in [0.4, 0.5) is 0 Å². The van der Waals surface area contributed by atoms with Gasteiger partial charge < -0.3 is 24.3 Å². The van der Waals surface area contributed by atoms with Crippen LogP contribution in [-0.2, 0) is 11.4 Å². The molecule has 3 aromatic rings. The first-order valence-electron chi connectivity index (χ1n) is 10.3. The van der Waals surface area contributed by atoms with Gasteiger partial charge >= 0.3 is 0 Å². The number of benzene rings is 3. The molecule has 0 unspecified atom stereocenters. The summed E-state index contributed by atoms with van der Waals surface area (Å²) in [7, 11) is 0. The highest BCUT2D eigenvalue weighted by atomic mass is 16.6. The Morgan fingerprint density at radius 3 is 2.32 bits per heavy atom. The number of rotatable bonds is 8. The lowest BCUT2D eigenvalue weighted by Gasteiger charge is -2.21. The number of fused-ring (bicyclic) bond motifs is 1. The molecule has 1 heterocycles. The van der Waals surface area contributed by atoms with Crippen molar-refractivity contribution in [1.29, 1.82) is 0 Å². The van der Waals surface area contributed by atoms with Gasteiger partial charge in [-0.25, -0.2) is 0 Å². The predicted octanol–water partition coefficient (Wildman–Crippen LogP) is 4.29. The number of hydrogen-bond acceptors (Lipinski definition) is 5. The summed E-state index contributed by atoms with van der Waals surface area (Å²) >= 11 is 0. The Labute approximate surface area is 181 Å². The van der Waals surface area contributed by atoms with Crippen LogP contribution in [-0.4, -0.2) is 25.7 Å². The normalized spacial score (nSPS) is 13.2. The van der Waals surface area contributed by atoms with E-state index in [9.17, 15) is 4.79 Å². The molecule has 4 rings (SSSR count). The molecule has 0 bridgehead atoms. The van der Waals surface area contributed by atoms with Crippen LogP contribution in [0.25, 0.3) is 0 Å². The van der Waals surface area contributed by atoms with E-state index in [4.69, 9.17) is 18.9 Å². The second kappa shape index (κ2) is 9.89. The molecule has 6 heteroatoms. The maximum atomic E-state index is 12.3. The third-order valence-electron chi connectivity index (χ3n) is 4.89. The first-order chi connectivity index (χ1) is 15.2. The van der Waals surface area contributed by atoms with Gasteiger partial charge in [-0.15, -0.1) is 0 Å². The molecule has 1 aliphatic rings. The molecule has 0 fully saturated rings. The molecule has 1 aliphatic heterocycles. The fourth-order valence-corrected chi connectivity index (χ4v) is 3.22. The number of carbonyl (C=O) groups is 1. The fourth-order valence-electron chi connectivity index (χ4n) is 3.22. The van der Waals surface area contributed by atoms with Gasteiger partial charge in [0.15, 0.2) is 18.1 Å². The van der Waals surface area contributed by atoms with Crippen molar-refractivity contribution in [2.24, 2.45) is 0 Å². The first-order valence-corrected chi connectivity index (χ1v) is 10.3. The standard InChI is InChI=1S/C25H25NO5/c1-18(20-7-12-23-24(15-20)29-14-13-28-23)26-25(27)17-31-22-10-8-21(9-11-22)30-16-19-5-3-2-4-6-19/h2-12,15,18H,13-14,16-17H2,1H3,(H,26,27)/t18-/m0/s1. The van der Waals surface area contributed by atoms with Crippen LogP contribution >= 0.6 is 0 Å². The van der Waals surface area contributed by atoms with Crippen LogP contribution in [0.5, 0.6) is 23.0 Å². The van der Waals surface area contributed by atoms with Crippen molar-refractivity contribution in [1.82, 2.24) is 5.32 Å². The van der Waals surface area contributed by atoms with Crippen molar-refractivity contribution in [3.8, 4) is 23.0 Å². The lowest BCUT2D eigenvalue weighted by Crippen LogP contribution is -2.31. The van der Waals surface area contributed by atoms with E-state index in [0.717, 1.165) is 22.6 Å². The van der Waals surface area contributed by atoms with Gasteiger partial charge in [-0.3, -0.25) is 4.79 Å². The second-order valence-corrected chi connectivity index (χ2v) is 7.23. The number of amides is 1. The van der Waals surface area contributed by atoms with Crippen LogP contribution in [0.15, 0.2) is 72.8 Å². The minimum Gasteiger partial charge on any atom is -0.489 e. The van der Waals surface area contributed by atoms with E-state index in [1.165, 1.54) is 0 Å². The second-order valence-electron chi connectivity index (χ2n) is 7.23. The summed E-state index contributed by atoms with van der Waals surface area (Å²) in [5, 5.41) is 2.94. The number of nitrogens with one attached hydrogen (secondary N) is 1. The maximum Gasteiger partial charge on any atom is 0.258 e. The number of hydrogen-bond donors (Lipinski definition) is 1. The van der Waals surface area contributed by atoms with Gasteiger partial charge in [0, 0.05) is 0 Å². The Kier molecular flexibility index (Phi) is 6.57. The van der Waals surface area contributed by atoms with Crippen molar-refractivity contribution in [2.45, 2.75) is 19.6 Å². The minimum atomic E-state index is -0.202. The SMILES string of the molecule is C[C@H](NC(=O)COc1ccc(OCc2ccccc2)cc1)c1ccc2c(c1)OCCO2. The van der Waals surface area contributed by atoms with Crippen LogP contribution in [0.1, 0.15) is 24.1 Å². The van der Waals surface area contributed by atoms with Crippen molar-refractivity contribution in [2.75, 3.05) is 19.8 Å². The molecule has 160 valence electrons. The molecule has 6 nitrogen and oxygen atoms in total. The van der Waals surface area contributed by atoms with E-state index in [0.29, 0.717) is 31.3 Å². The molecule has 1 atom stereocenters. The van der Waals surface area contributed by atoms with Crippen molar-refractivity contribution >= 4 is 5.91 Å². The smallest absolute Gasteiger partial charge is 0.258 e. The Balaban J connectivity index is 1.24. The highest BCUT2D eigenvalue weighted by molar-refractivity contribution is 5.78. The lowest BCUT2D eigenvalue weighted by molar-refractivity contribution is -0.123. The summed E-state index contributed by atoms with van der Waals surface area (Å²) in [4.78, 5) is 12.3. The Hall–Kier alpha value is -3.67. The molecule has 31 heavy (non-hydrogen) atoms. The number of ether oxygens (including phenoxy) is 4. The van der Waals surface area contributed by atoms with Crippen molar-refractivity contribution in [3.63, 3.8) is 0 Å². The quantitative estimate of drug-likeness (QED) is 0.590. The zero-order valence-corrected chi connectivity index (χ0v) is 17.4. The van der Waals surface area contributed by atoms with E-state index >= 15 is 0 Å². The molecule has 0 saturated heterocycles. The van der Waals surface area contributed by atoms with Gasteiger partial charge in [0.1, 0.15) is 31.3 Å². The van der Waals surface area contributed by atoms with E-state index < -0.39 is 0 Å². The molecule has 3 aromatic carbocycles. The third kappa shape index (κ3) is 5.69. The van der Waals surface area contributed by atoms with Gasteiger partial charge in [-0.05, 0) is 54.4 Å². The largest absolute Gasteiger partial charge is 0.489 e. The van der Waals surface area contributed by atoms with E-state index in [1.54, 1.807) is 12.1 Å². The summed E-state index contributed by atoms with van der Waals surface area (Å²) in [6.45, 7) is 3.43. The van der Waals surface area contributed by atoms with Gasteiger partial charge in [0.05, 0.1) is 6.04 Å². The summed E-state index contributed by atoms with van der Waals surface area (Å²) in [5.74, 6) is 2.58. The summed E-state index contributed by atoms with van der Waals surface area (Å²) in [6.07, 6.45) is 0. The average Bonchev–Trinajstić information content (AvgIpc) is 2.82. The number of carbonyl (C=O) groups excluding carboxylic acids is 1. The first kappa shape index (κ1) is 20.6. The van der Waals surface area contributed by atoms with E-state index in [1.807, 2.05) is 67.6 Å². The fraction of sp³-hybridized carbons (Fsp3) is 0.240. The average molecular weight is 419 g/mol. The molecule has 0 radical (unpaired) electrons. The van der Waals surface area contributed by atoms with Crippen LogP contribution in [0.2, 0.25) is 0 Å². The minimum absolute atomic E-state index is 0.0703. The van der Waals surface area contributed by atoms with Crippen LogP contribution in [0.3, 0.4) is 0 Å². The third-order valence-corrected chi connectivity index (χ3v) is 4.89. The Morgan fingerprint density at radius 2 is 1.58 bits per heavy atom. The summed E-state index contributed by atoms with van der Waals surface area (Å²) in [6, 6.07) is 22.7. The van der Waals surface area contributed by atoms with Crippen molar-refractivity contribution < 1.29 is 23.7 Å². The molecule has 1 amide bonds. The summed E-state index contributed by atoms with van der Waals surface area (Å²) in [5.41, 5.74) is 2.05. The van der Waals surface area contributed by atoms with Gasteiger partial charge in [-0.2, -0.15) is 0 Å². The van der Waals surface area contributed by atoms with Gasteiger partial charge in [0.25, 0.3) is 5.91 Å². The van der Waals surface area contributed by atoms with E-state index in [-0.39, 0.29) is 18.6 Å². The molecule has 0 saturated carbocycles. The highest BCUT2D eigenvalue weighted by Crippen LogP contribution is 2.32. The van der Waals surface area contributed by atoms with E-state index in [2.05, 4.69) is 5.32 Å². The van der Waals surface area contributed by atoms with Gasteiger partial charge in [0.2, 0.25) is 0 Å². The predicted molar refractivity (Wildman–Crippen MR) is 117 cm³/mol. The Morgan fingerprint density at radius 1 is 0.903 bits per heavy atom. The zero-order chi connectivity index (χ0) is 21.5. The maximum absolute atomic E-state index is 12.3. The molecular formula is C25H25NO5. The topological polar surface area (TPSA) is 66.0 Å². The highest BCUT2D eigenvalue weighted by Gasteiger charge is 2.16. The lowest BCUT2D eigenvalue weighted by atomic mass is 10.1.